The molecule has 3 rings (SSSR count). The van der Waals surface area contributed by atoms with Crippen LogP contribution in [0.2, 0.25) is 0 Å². The highest BCUT2D eigenvalue weighted by Gasteiger charge is 2.22. The molecule has 1 aromatic heterocycles. The number of nitrogens with zero attached hydrogens (tertiary/aromatic N) is 3. The first-order valence-corrected chi connectivity index (χ1v) is 8.14. The molecule has 1 amide bonds. The van der Waals surface area contributed by atoms with Gasteiger partial charge in [0.2, 0.25) is 0 Å². The fraction of sp³-hybridized carbons (Fsp3) is 0.688. The molecule has 0 spiro atoms. The minimum atomic E-state index is 0.0460. The van der Waals surface area contributed by atoms with Crippen molar-refractivity contribution in [2.75, 3.05) is 18.4 Å². The molecule has 2 heterocycles. The van der Waals surface area contributed by atoms with Crippen molar-refractivity contribution >= 4 is 11.7 Å². The van der Waals surface area contributed by atoms with Crippen LogP contribution in [0.25, 0.3) is 0 Å². The lowest BCUT2D eigenvalue weighted by Crippen LogP contribution is -2.29. The maximum absolute atomic E-state index is 12.5. The summed E-state index contributed by atoms with van der Waals surface area (Å²) in [6.07, 6.45) is 8.48. The fourth-order valence-corrected chi connectivity index (χ4v) is 3.29. The molecule has 0 bridgehead atoms. The molecule has 1 aliphatic carbocycles. The molecule has 5 nitrogen and oxygen atoms in total. The minimum Gasteiger partial charge on any atom is -0.367 e. The van der Waals surface area contributed by atoms with Gasteiger partial charge in [-0.05, 0) is 32.6 Å². The van der Waals surface area contributed by atoms with E-state index in [9.17, 15) is 4.79 Å². The third-order valence-electron chi connectivity index (χ3n) is 4.41. The topological polar surface area (TPSA) is 58.1 Å². The quantitative estimate of drug-likeness (QED) is 0.929. The van der Waals surface area contributed by atoms with E-state index in [-0.39, 0.29) is 5.91 Å². The number of nitrogens with one attached hydrogen (secondary N) is 1. The van der Waals surface area contributed by atoms with E-state index in [1.54, 1.807) is 0 Å². The van der Waals surface area contributed by atoms with Crippen molar-refractivity contribution < 1.29 is 4.79 Å². The van der Waals surface area contributed by atoms with Gasteiger partial charge < -0.3 is 10.2 Å². The Labute approximate surface area is 126 Å². The van der Waals surface area contributed by atoms with Crippen molar-refractivity contribution in [3.8, 4) is 0 Å². The van der Waals surface area contributed by atoms with E-state index in [4.69, 9.17) is 0 Å². The van der Waals surface area contributed by atoms with Crippen LogP contribution in [0.4, 0.5) is 5.82 Å². The molecular formula is C16H24N4O. The van der Waals surface area contributed by atoms with Crippen LogP contribution < -0.4 is 5.32 Å². The lowest BCUT2D eigenvalue weighted by atomic mass is 9.95. The third-order valence-corrected chi connectivity index (χ3v) is 4.41. The Bertz CT molecular complexity index is 505. The normalized spacial score (nSPS) is 19.8. The first kappa shape index (κ1) is 14.3. The van der Waals surface area contributed by atoms with Crippen LogP contribution in [0.15, 0.2) is 6.07 Å². The summed E-state index contributed by atoms with van der Waals surface area (Å²) in [5.41, 5.74) is 0.530. The Balaban J connectivity index is 1.73. The molecule has 1 aliphatic heterocycles. The molecule has 1 saturated heterocycles. The summed E-state index contributed by atoms with van der Waals surface area (Å²) >= 11 is 0. The van der Waals surface area contributed by atoms with Crippen LogP contribution in [0, 0.1) is 6.92 Å². The SMILES string of the molecule is Cc1nc(NC2CCCCC2)cc(C(=O)N2CCCC2)n1. The number of anilines is 1. The molecule has 0 aromatic carbocycles. The predicted molar refractivity (Wildman–Crippen MR) is 82.4 cm³/mol. The van der Waals surface area contributed by atoms with Gasteiger partial charge in [-0.15, -0.1) is 0 Å². The Morgan fingerprint density at radius 1 is 1.14 bits per heavy atom. The first-order valence-electron chi connectivity index (χ1n) is 8.14. The van der Waals surface area contributed by atoms with Crippen molar-refractivity contribution in [1.29, 1.82) is 0 Å². The molecule has 1 aromatic rings. The summed E-state index contributed by atoms with van der Waals surface area (Å²) in [5, 5.41) is 3.49. The van der Waals surface area contributed by atoms with E-state index in [1.807, 2.05) is 17.9 Å². The van der Waals surface area contributed by atoms with Crippen molar-refractivity contribution in [1.82, 2.24) is 14.9 Å². The molecule has 114 valence electrons. The second-order valence-electron chi connectivity index (χ2n) is 6.16. The van der Waals surface area contributed by atoms with Gasteiger partial charge in [0, 0.05) is 25.2 Å². The van der Waals surface area contributed by atoms with Crippen LogP contribution in [0.5, 0.6) is 0 Å². The molecule has 2 aliphatic rings. The number of aromatic nitrogens is 2. The highest BCUT2D eigenvalue weighted by molar-refractivity contribution is 5.93. The molecule has 1 saturated carbocycles. The number of hydrogen-bond acceptors (Lipinski definition) is 4. The Kier molecular flexibility index (Phi) is 4.36. The van der Waals surface area contributed by atoms with Gasteiger partial charge in [-0.25, -0.2) is 9.97 Å². The molecule has 1 N–H and O–H groups in total. The van der Waals surface area contributed by atoms with Gasteiger partial charge in [-0.3, -0.25) is 4.79 Å². The zero-order valence-electron chi connectivity index (χ0n) is 12.8. The number of hydrogen-bond donors (Lipinski definition) is 1. The van der Waals surface area contributed by atoms with Gasteiger partial charge in [-0.1, -0.05) is 19.3 Å². The number of aryl methyl sites for hydroxylation is 1. The van der Waals surface area contributed by atoms with E-state index in [1.165, 1.54) is 32.1 Å². The summed E-state index contributed by atoms with van der Waals surface area (Å²) in [6, 6.07) is 2.31. The summed E-state index contributed by atoms with van der Waals surface area (Å²) in [5.74, 6) is 1.51. The van der Waals surface area contributed by atoms with Crippen molar-refractivity contribution in [3.05, 3.63) is 17.6 Å². The van der Waals surface area contributed by atoms with Crippen molar-refractivity contribution in [2.24, 2.45) is 0 Å². The van der Waals surface area contributed by atoms with E-state index >= 15 is 0 Å². The summed E-state index contributed by atoms with van der Waals surface area (Å²) in [7, 11) is 0. The third kappa shape index (κ3) is 3.52. The largest absolute Gasteiger partial charge is 0.367 e. The van der Waals surface area contributed by atoms with Crippen LogP contribution in [-0.2, 0) is 0 Å². The second kappa shape index (κ2) is 6.41. The maximum Gasteiger partial charge on any atom is 0.272 e. The number of rotatable bonds is 3. The monoisotopic (exact) mass is 288 g/mol. The highest BCUT2D eigenvalue weighted by Crippen LogP contribution is 2.21. The van der Waals surface area contributed by atoms with Crippen LogP contribution in [0.3, 0.4) is 0 Å². The van der Waals surface area contributed by atoms with Gasteiger partial charge in [0.1, 0.15) is 17.3 Å². The van der Waals surface area contributed by atoms with Crippen LogP contribution >= 0.6 is 0 Å². The average molecular weight is 288 g/mol. The Hall–Kier alpha value is -1.65. The van der Waals surface area contributed by atoms with Gasteiger partial charge in [0.05, 0.1) is 0 Å². The summed E-state index contributed by atoms with van der Waals surface area (Å²) in [6.45, 7) is 3.56. The fourth-order valence-electron chi connectivity index (χ4n) is 3.29. The summed E-state index contributed by atoms with van der Waals surface area (Å²) < 4.78 is 0. The van der Waals surface area contributed by atoms with E-state index in [0.29, 0.717) is 17.6 Å². The number of likely N-dealkylation sites (tertiary alicyclic amines) is 1. The molecule has 0 atom stereocenters. The smallest absolute Gasteiger partial charge is 0.272 e. The zero-order valence-corrected chi connectivity index (χ0v) is 12.8. The Morgan fingerprint density at radius 2 is 1.86 bits per heavy atom. The molecule has 5 heteroatoms. The molecule has 0 unspecified atom stereocenters. The maximum atomic E-state index is 12.5. The zero-order chi connectivity index (χ0) is 14.7. The molecule has 2 fully saturated rings. The van der Waals surface area contributed by atoms with Crippen molar-refractivity contribution in [3.63, 3.8) is 0 Å². The first-order chi connectivity index (χ1) is 10.2. The lowest BCUT2D eigenvalue weighted by Gasteiger charge is -2.23. The lowest BCUT2D eigenvalue weighted by molar-refractivity contribution is 0.0786. The summed E-state index contributed by atoms with van der Waals surface area (Å²) in [4.78, 5) is 23.1. The van der Waals surface area contributed by atoms with Crippen LogP contribution in [-0.4, -0.2) is 39.9 Å². The van der Waals surface area contributed by atoms with E-state index < -0.39 is 0 Å². The van der Waals surface area contributed by atoms with Gasteiger partial charge >= 0.3 is 0 Å². The average Bonchev–Trinajstić information content (AvgIpc) is 3.01. The van der Waals surface area contributed by atoms with Crippen LogP contribution in [0.1, 0.15) is 61.3 Å². The van der Waals surface area contributed by atoms with Gasteiger partial charge in [0.15, 0.2) is 0 Å². The number of carbonyl (C=O) groups is 1. The van der Waals surface area contributed by atoms with Crippen molar-refractivity contribution in [2.45, 2.75) is 57.9 Å². The Morgan fingerprint density at radius 3 is 2.57 bits per heavy atom. The molecule has 21 heavy (non-hydrogen) atoms. The predicted octanol–water partition coefficient (Wildman–Crippen LogP) is 2.77. The van der Waals surface area contributed by atoms with E-state index in [0.717, 1.165) is 31.7 Å². The standard InChI is InChI=1S/C16H24N4O/c1-12-17-14(16(21)20-9-5-6-10-20)11-15(18-12)19-13-7-3-2-4-8-13/h11,13H,2-10H2,1H3,(H,17,18,19). The number of carbonyl (C=O) groups excluding carboxylic acids is 1. The minimum absolute atomic E-state index is 0.0460. The van der Waals surface area contributed by atoms with Gasteiger partial charge in [0.25, 0.3) is 5.91 Å². The number of amides is 1. The van der Waals surface area contributed by atoms with Gasteiger partial charge in [-0.2, -0.15) is 0 Å². The molecule has 0 radical (unpaired) electrons. The van der Waals surface area contributed by atoms with E-state index in [2.05, 4.69) is 15.3 Å². The highest BCUT2D eigenvalue weighted by atomic mass is 16.2. The molecular weight excluding hydrogens is 264 g/mol. The second-order valence-corrected chi connectivity index (χ2v) is 6.16.